The quantitative estimate of drug-likeness (QED) is 0.734. The van der Waals surface area contributed by atoms with Crippen LogP contribution in [0.3, 0.4) is 0 Å². The van der Waals surface area contributed by atoms with Gasteiger partial charge in [-0.2, -0.15) is 5.10 Å². The molecule has 0 aliphatic carbocycles. The summed E-state index contributed by atoms with van der Waals surface area (Å²) in [5, 5.41) is 7.60. The van der Waals surface area contributed by atoms with E-state index < -0.39 is 0 Å². The number of imidazole rings is 1. The van der Waals surface area contributed by atoms with Crippen molar-refractivity contribution >= 4 is 0 Å². The van der Waals surface area contributed by atoms with Crippen LogP contribution in [-0.4, -0.2) is 25.9 Å². The van der Waals surface area contributed by atoms with E-state index in [1.165, 1.54) is 5.56 Å². The van der Waals surface area contributed by atoms with Gasteiger partial charge in [0.15, 0.2) is 0 Å². The van der Waals surface area contributed by atoms with E-state index in [0.717, 1.165) is 26.2 Å². The highest BCUT2D eigenvalue weighted by Gasteiger charge is 1.96. The standard InChI is InChI=1S/C11H17N5/c1-2-16-9-11(8-14-16)7-12-3-5-15-6-4-13-10-15/h4,6,8-10,12H,2-3,5,7H2,1H3. The fraction of sp³-hybridized carbons (Fsp3) is 0.455. The van der Waals surface area contributed by atoms with Crippen LogP contribution in [0.5, 0.6) is 0 Å². The lowest BCUT2D eigenvalue weighted by molar-refractivity contribution is 0.596. The van der Waals surface area contributed by atoms with E-state index in [9.17, 15) is 0 Å². The van der Waals surface area contributed by atoms with Gasteiger partial charge in [0.05, 0.1) is 12.5 Å². The van der Waals surface area contributed by atoms with E-state index in [-0.39, 0.29) is 0 Å². The van der Waals surface area contributed by atoms with E-state index in [4.69, 9.17) is 0 Å². The maximum absolute atomic E-state index is 4.22. The van der Waals surface area contributed by atoms with E-state index in [0.29, 0.717) is 0 Å². The van der Waals surface area contributed by atoms with Crippen molar-refractivity contribution in [2.24, 2.45) is 0 Å². The Balaban J connectivity index is 1.68. The molecule has 0 atom stereocenters. The number of hydrogen-bond donors (Lipinski definition) is 1. The molecule has 0 fully saturated rings. The Bertz CT molecular complexity index is 404. The van der Waals surface area contributed by atoms with Crippen molar-refractivity contribution in [2.45, 2.75) is 26.6 Å². The number of nitrogens with one attached hydrogen (secondary N) is 1. The number of nitrogens with zero attached hydrogens (tertiary/aromatic N) is 4. The number of aromatic nitrogens is 4. The molecule has 0 amide bonds. The van der Waals surface area contributed by atoms with Crippen LogP contribution < -0.4 is 5.32 Å². The van der Waals surface area contributed by atoms with Crippen LogP contribution in [0.2, 0.25) is 0 Å². The normalized spacial score (nSPS) is 10.8. The van der Waals surface area contributed by atoms with Gasteiger partial charge in [-0.1, -0.05) is 0 Å². The highest BCUT2D eigenvalue weighted by atomic mass is 15.3. The zero-order chi connectivity index (χ0) is 11.2. The molecule has 5 heteroatoms. The molecule has 0 bridgehead atoms. The Morgan fingerprint density at radius 3 is 3.06 bits per heavy atom. The van der Waals surface area contributed by atoms with E-state index >= 15 is 0 Å². The third-order valence-corrected chi connectivity index (χ3v) is 2.45. The lowest BCUT2D eigenvalue weighted by Crippen LogP contribution is -2.18. The topological polar surface area (TPSA) is 47.7 Å². The molecule has 0 aromatic carbocycles. The molecule has 16 heavy (non-hydrogen) atoms. The molecule has 5 nitrogen and oxygen atoms in total. The van der Waals surface area contributed by atoms with Crippen molar-refractivity contribution < 1.29 is 0 Å². The molecule has 2 aromatic rings. The minimum absolute atomic E-state index is 0.870. The highest BCUT2D eigenvalue weighted by molar-refractivity contribution is 5.02. The summed E-state index contributed by atoms with van der Waals surface area (Å²) in [6.45, 7) is 5.77. The van der Waals surface area contributed by atoms with Gasteiger partial charge in [-0.3, -0.25) is 4.68 Å². The van der Waals surface area contributed by atoms with Gasteiger partial charge in [0.25, 0.3) is 0 Å². The average Bonchev–Trinajstić information content (AvgIpc) is 2.95. The largest absolute Gasteiger partial charge is 0.336 e. The highest BCUT2D eigenvalue weighted by Crippen LogP contribution is 1.96. The van der Waals surface area contributed by atoms with Crippen LogP contribution in [0.15, 0.2) is 31.1 Å². The van der Waals surface area contributed by atoms with Crippen LogP contribution in [0.1, 0.15) is 12.5 Å². The maximum Gasteiger partial charge on any atom is 0.0946 e. The summed E-state index contributed by atoms with van der Waals surface area (Å²) in [6, 6.07) is 0. The van der Waals surface area contributed by atoms with Crippen molar-refractivity contribution in [1.82, 2.24) is 24.6 Å². The molecule has 2 rings (SSSR count). The summed E-state index contributed by atoms with van der Waals surface area (Å²) in [5.41, 5.74) is 1.23. The summed E-state index contributed by atoms with van der Waals surface area (Å²) in [7, 11) is 0. The van der Waals surface area contributed by atoms with Crippen LogP contribution in [0, 0.1) is 0 Å². The second kappa shape index (κ2) is 5.46. The molecule has 0 aliphatic rings. The third-order valence-electron chi connectivity index (χ3n) is 2.45. The summed E-state index contributed by atoms with van der Waals surface area (Å²) in [6.07, 6.45) is 9.58. The number of rotatable bonds is 6. The molecule has 0 radical (unpaired) electrons. The predicted octanol–water partition coefficient (Wildman–Crippen LogP) is 0.889. The van der Waals surface area contributed by atoms with Gasteiger partial charge >= 0.3 is 0 Å². The Labute approximate surface area is 95.1 Å². The van der Waals surface area contributed by atoms with Crippen molar-refractivity contribution in [1.29, 1.82) is 0 Å². The lowest BCUT2D eigenvalue weighted by atomic mass is 10.3. The van der Waals surface area contributed by atoms with Crippen LogP contribution >= 0.6 is 0 Å². The Hall–Kier alpha value is -1.62. The van der Waals surface area contributed by atoms with Crippen LogP contribution in [-0.2, 0) is 19.6 Å². The second-order valence-corrected chi connectivity index (χ2v) is 3.68. The first kappa shape index (κ1) is 10.9. The van der Waals surface area contributed by atoms with Crippen molar-refractivity contribution in [2.75, 3.05) is 6.54 Å². The molecule has 2 aromatic heterocycles. The second-order valence-electron chi connectivity index (χ2n) is 3.68. The fourth-order valence-electron chi connectivity index (χ4n) is 1.53. The number of aryl methyl sites for hydroxylation is 1. The van der Waals surface area contributed by atoms with Gasteiger partial charge < -0.3 is 9.88 Å². The Morgan fingerprint density at radius 2 is 2.38 bits per heavy atom. The SMILES string of the molecule is CCn1cc(CNCCn2ccnc2)cn1. The first-order valence-electron chi connectivity index (χ1n) is 5.56. The Morgan fingerprint density at radius 1 is 1.44 bits per heavy atom. The predicted molar refractivity (Wildman–Crippen MR) is 61.8 cm³/mol. The minimum Gasteiger partial charge on any atom is -0.336 e. The van der Waals surface area contributed by atoms with E-state index in [2.05, 4.69) is 33.1 Å². The molecule has 0 aliphatic heterocycles. The zero-order valence-corrected chi connectivity index (χ0v) is 9.50. The third kappa shape index (κ3) is 2.93. The molecule has 2 heterocycles. The van der Waals surface area contributed by atoms with E-state index in [1.807, 2.05) is 23.4 Å². The van der Waals surface area contributed by atoms with Gasteiger partial charge in [0, 0.05) is 50.3 Å². The lowest BCUT2D eigenvalue weighted by Gasteiger charge is -2.03. The number of hydrogen-bond acceptors (Lipinski definition) is 3. The monoisotopic (exact) mass is 219 g/mol. The van der Waals surface area contributed by atoms with Crippen molar-refractivity contribution in [3.05, 3.63) is 36.7 Å². The van der Waals surface area contributed by atoms with Gasteiger partial charge in [-0.15, -0.1) is 0 Å². The molecule has 0 unspecified atom stereocenters. The van der Waals surface area contributed by atoms with Gasteiger partial charge in [0.1, 0.15) is 0 Å². The maximum atomic E-state index is 4.22. The van der Waals surface area contributed by atoms with Gasteiger partial charge in [-0.05, 0) is 6.92 Å². The molecular formula is C11H17N5. The molecular weight excluding hydrogens is 202 g/mol. The van der Waals surface area contributed by atoms with Crippen molar-refractivity contribution in [3.63, 3.8) is 0 Å². The Kier molecular flexibility index (Phi) is 3.71. The molecule has 1 N–H and O–H groups in total. The molecule has 0 spiro atoms. The smallest absolute Gasteiger partial charge is 0.0946 e. The van der Waals surface area contributed by atoms with Gasteiger partial charge in [0.2, 0.25) is 0 Å². The summed E-state index contributed by atoms with van der Waals surface area (Å²) in [4.78, 5) is 4.00. The summed E-state index contributed by atoms with van der Waals surface area (Å²) < 4.78 is 4.00. The van der Waals surface area contributed by atoms with Crippen LogP contribution in [0.25, 0.3) is 0 Å². The fourth-order valence-corrected chi connectivity index (χ4v) is 1.53. The summed E-state index contributed by atoms with van der Waals surface area (Å²) in [5.74, 6) is 0. The molecule has 0 saturated heterocycles. The molecule has 86 valence electrons. The average molecular weight is 219 g/mol. The van der Waals surface area contributed by atoms with Crippen molar-refractivity contribution in [3.8, 4) is 0 Å². The first-order valence-corrected chi connectivity index (χ1v) is 5.56. The molecule has 0 saturated carbocycles. The minimum atomic E-state index is 0.870. The zero-order valence-electron chi connectivity index (χ0n) is 9.50. The summed E-state index contributed by atoms with van der Waals surface area (Å²) >= 11 is 0. The van der Waals surface area contributed by atoms with Gasteiger partial charge in [-0.25, -0.2) is 4.98 Å². The first-order chi connectivity index (χ1) is 7.88. The van der Waals surface area contributed by atoms with Crippen LogP contribution in [0.4, 0.5) is 0 Å². The van der Waals surface area contributed by atoms with E-state index in [1.54, 1.807) is 6.20 Å².